The van der Waals surface area contributed by atoms with E-state index in [9.17, 15) is 19.7 Å². The van der Waals surface area contributed by atoms with Gasteiger partial charge in [0.25, 0.3) is 5.69 Å². The molecule has 27 heavy (non-hydrogen) atoms. The van der Waals surface area contributed by atoms with Gasteiger partial charge < -0.3 is 5.32 Å². The summed E-state index contributed by atoms with van der Waals surface area (Å²) in [5.74, 6) is -0.270. The first kappa shape index (κ1) is 18.4. The number of nitro groups is 1. The molecule has 3 aromatic rings. The Kier molecular flexibility index (Phi) is 5.35. The number of rotatable bonds is 7. The Morgan fingerprint density at radius 1 is 1.07 bits per heavy atom. The normalized spacial score (nSPS) is 10.9. The largest absolute Gasteiger partial charge is 0.352 e. The van der Waals surface area contributed by atoms with Crippen LogP contribution < -0.4 is 11.0 Å². The van der Waals surface area contributed by atoms with Crippen molar-refractivity contribution in [3.63, 3.8) is 0 Å². The molecule has 1 amide bonds. The van der Waals surface area contributed by atoms with Crippen molar-refractivity contribution in [1.82, 2.24) is 14.5 Å². The van der Waals surface area contributed by atoms with E-state index in [0.29, 0.717) is 12.1 Å². The minimum Gasteiger partial charge on any atom is -0.352 e. The molecule has 0 spiro atoms. The van der Waals surface area contributed by atoms with Crippen molar-refractivity contribution in [1.29, 1.82) is 0 Å². The monoisotopic (exact) mass is 368 g/mol. The van der Waals surface area contributed by atoms with Gasteiger partial charge in [-0.05, 0) is 19.1 Å². The van der Waals surface area contributed by atoms with Crippen LogP contribution >= 0.6 is 0 Å². The number of hydrogen-bond acceptors (Lipinski definition) is 4. The number of benzene rings is 2. The van der Waals surface area contributed by atoms with E-state index in [2.05, 4.69) is 5.32 Å². The summed E-state index contributed by atoms with van der Waals surface area (Å²) >= 11 is 0. The second-order valence-corrected chi connectivity index (χ2v) is 6.08. The average molecular weight is 368 g/mol. The molecule has 0 radical (unpaired) electrons. The van der Waals surface area contributed by atoms with Gasteiger partial charge in [-0.15, -0.1) is 0 Å². The van der Waals surface area contributed by atoms with E-state index in [0.717, 1.165) is 11.0 Å². The van der Waals surface area contributed by atoms with Crippen molar-refractivity contribution in [2.75, 3.05) is 0 Å². The van der Waals surface area contributed by atoms with Crippen LogP contribution in [0.1, 0.15) is 18.9 Å². The second-order valence-electron chi connectivity index (χ2n) is 6.08. The summed E-state index contributed by atoms with van der Waals surface area (Å²) in [6.07, 6.45) is 0.109. The maximum atomic E-state index is 12.6. The first-order valence-corrected chi connectivity index (χ1v) is 8.70. The van der Waals surface area contributed by atoms with Crippen molar-refractivity contribution < 1.29 is 9.72 Å². The topological polar surface area (TPSA) is 99.2 Å². The zero-order valence-corrected chi connectivity index (χ0v) is 14.9. The van der Waals surface area contributed by atoms with Crippen molar-refractivity contribution in [2.24, 2.45) is 0 Å². The lowest BCUT2D eigenvalue weighted by Crippen LogP contribution is -2.28. The van der Waals surface area contributed by atoms with Gasteiger partial charge in [0.2, 0.25) is 5.91 Å². The van der Waals surface area contributed by atoms with Crippen molar-refractivity contribution in [2.45, 2.75) is 33.0 Å². The van der Waals surface area contributed by atoms with E-state index >= 15 is 0 Å². The number of carbonyl (C=O) groups is 1. The third kappa shape index (κ3) is 3.74. The molecule has 0 atom stereocenters. The molecule has 0 fully saturated rings. The summed E-state index contributed by atoms with van der Waals surface area (Å²) in [6.45, 7) is 2.77. The van der Waals surface area contributed by atoms with Gasteiger partial charge in [-0.1, -0.05) is 30.3 Å². The minimum atomic E-state index is -0.472. The molecule has 1 aromatic heterocycles. The Hall–Kier alpha value is -3.42. The molecule has 8 nitrogen and oxygen atoms in total. The van der Waals surface area contributed by atoms with E-state index in [1.165, 1.54) is 6.07 Å². The standard InChI is InChI=1S/C19H20N4O4/c1-2-21-16-9-5-6-10-17(16)22(19(21)25)12-11-18(24)20-13-14-7-3-4-8-15(14)23(26)27/h3-10H,2,11-13H2,1H3,(H,20,24). The number of nitro benzene ring substituents is 1. The fourth-order valence-corrected chi connectivity index (χ4v) is 3.13. The molecule has 0 bridgehead atoms. The van der Waals surface area contributed by atoms with Gasteiger partial charge in [0.1, 0.15) is 0 Å². The SMILES string of the molecule is CCn1c(=O)n(CCC(=O)NCc2ccccc2[N+](=O)[O-])c2ccccc21. The van der Waals surface area contributed by atoms with Crippen LogP contribution in [0.25, 0.3) is 11.0 Å². The molecule has 2 aromatic carbocycles. The number of nitrogens with zero attached hydrogens (tertiary/aromatic N) is 3. The van der Waals surface area contributed by atoms with Gasteiger partial charge in [-0.3, -0.25) is 24.0 Å². The Balaban J connectivity index is 1.69. The summed E-state index contributed by atoms with van der Waals surface area (Å²) in [6, 6.07) is 13.7. The number of aromatic nitrogens is 2. The molecule has 0 aliphatic heterocycles. The third-order valence-electron chi connectivity index (χ3n) is 4.47. The van der Waals surface area contributed by atoms with Crippen LogP contribution in [0.5, 0.6) is 0 Å². The fourth-order valence-electron chi connectivity index (χ4n) is 3.13. The Bertz CT molecular complexity index is 1050. The van der Waals surface area contributed by atoms with Gasteiger partial charge in [-0.25, -0.2) is 4.79 Å². The summed E-state index contributed by atoms with van der Waals surface area (Å²) in [4.78, 5) is 35.3. The molecule has 8 heteroatoms. The lowest BCUT2D eigenvalue weighted by Gasteiger charge is -2.07. The zero-order valence-electron chi connectivity index (χ0n) is 14.9. The predicted octanol–water partition coefficient (Wildman–Crippen LogP) is 2.44. The molecule has 1 heterocycles. The average Bonchev–Trinajstić information content (AvgIpc) is 2.95. The Morgan fingerprint density at radius 3 is 2.37 bits per heavy atom. The van der Waals surface area contributed by atoms with Gasteiger partial charge in [0.05, 0.1) is 16.0 Å². The maximum absolute atomic E-state index is 12.6. The van der Waals surface area contributed by atoms with Crippen molar-refractivity contribution >= 4 is 22.6 Å². The number of imidazole rings is 1. The summed E-state index contributed by atoms with van der Waals surface area (Å²) in [7, 11) is 0. The van der Waals surface area contributed by atoms with E-state index in [-0.39, 0.29) is 36.8 Å². The summed E-state index contributed by atoms with van der Waals surface area (Å²) in [5, 5.41) is 13.7. The predicted molar refractivity (Wildman–Crippen MR) is 101 cm³/mol. The van der Waals surface area contributed by atoms with Crippen LogP contribution in [0.4, 0.5) is 5.69 Å². The van der Waals surface area contributed by atoms with E-state index < -0.39 is 4.92 Å². The van der Waals surface area contributed by atoms with Gasteiger partial charge in [0.15, 0.2) is 0 Å². The summed E-state index contributed by atoms with van der Waals surface area (Å²) < 4.78 is 3.25. The maximum Gasteiger partial charge on any atom is 0.329 e. The number of para-hydroxylation sites is 3. The van der Waals surface area contributed by atoms with Gasteiger partial charge >= 0.3 is 5.69 Å². The molecule has 0 aliphatic carbocycles. The summed E-state index contributed by atoms with van der Waals surface area (Å²) in [5.41, 5.74) is 1.89. The zero-order chi connectivity index (χ0) is 19.4. The van der Waals surface area contributed by atoms with Crippen LogP contribution in [0.3, 0.4) is 0 Å². The number of nitrogens with one attached hydrogen (secondary N) is 1. The molecule has 0 aliphatic rings. The highest BCUT2D eigenvalue weighted by Gasteiger charge is 2.15. The van der Waals surface area contributed by atoms with Crippen LogP contribution in [0, 0.1) is 10.1 Å². The quantitative estimate of drug-likeness (QED) is 0.511. The van der Waals surface area contributed by atoms with E-state index in [1.807, 2.05) is 31.2 Å². The number of hydrogen-bond donors (Lipinski definition) is 1. The number of amides is 1. The molecule has 0 unspecified atom stereocenters. The highest BCUT2D eigenvalue weighted by Crippen LogP contribution is 2.17. The number of aryl methyl sites for hydroxylation is 2. The van der Waals surface area contributed by atoms with Crippen LogP contribution in [0.15, 0.2) is 53.3 Å². The molecular formula is C19H20N4O4. The molecular weight excluding hydrogens is 348 g/mol. The van der Waals surface area contributed by atoms with Crippen molar-refractivity contribution in [3.05, 3.63) is 74.7 Å². The Morgan fingerprint density at radius 2 is 1.70 bits per heavy atom. The highest BCUT2D eigenvalue weighted by molar-refractivity contribution is 5.78. The Labute approximate surface area is 155 Å². The first-order valence-electron chi connectivity index (χ1n) is 8.70. The smallest absolute Gasteiger partial charge is 0.329 e. The van der Waals surface area contributed by atoms with Crippen LogP contribution in [-0.2, 0) is 24.4 Å². The molecule has 0 saturated carbocycles. The molecule has 3 rings (SSSR count). The van der Waals surface area contributed by atoms with E-state index in [4.69, 9.17) is 0 Å². The third-order valence-corrected chi connectivity index (χ3v) is 4.47. The molecule has 0 saturated heterocycles. The molecule has 1 N–H and O–H groups in total. The highest BCUT2D eigenvalue weighted by atomic mass is 16.6. The second kappa shape index (κ2) is 7.86. The molecule has 140 valence electrons. The van der Waals surface area contributed by atoms with E-state index in [1.54, 1.807) is 27.3 Å². The lowest BCUT2D eigenvalue weighted by atomic mass is 10.2. The number of carbonyl (C=O) groups excluding carboxylic acids is 1. The van der Waals surface area contributed by atoms with Crippen LogP contribution in [0.2, 0.25) is 0 Å². The first-order chi connectivity index (χ1) is 13.0. The van der Waals surface area contributed by atoms with Crippen LogP contribution in [-0.4, -0.2) is 20.0 Å². The van der Waals surface area contributed by atoms with Gasteiger partial charge in [0, 0.05) is 37.7 Å². The number of fused-ring (bicyclic) bond motifs is 1. The van der Waals surface area contributed by atoms with Gasteiger partial charge in [-0.2, -0.15) is 0 Å². The minimum absolute atomic E-state index is 0.0277. The lowest BCUT2D eigenvalue weighted by molar-refractivity contribution is -0.385. The van der Waals surface area contributed by atoms with Crippen molar-refractivity contribution in [3.8, 4) is 0 Å². The fraction of sp³-hybridized carbons (Fsp3) is 0.263.